The van der Waals surface area contributed by atoms with Gasteiger partial charge in [-0.1, -0.05) is 18.2 Å². The molecule has 0 heterocycles. The standard InChI is InChI=1S/C10H10N2O2/c11-9(13)6-7-10(14)12-8-4-2-1-3-5-8/h1-7H,(H2,11,13)(H,12,14)/b7-6-. The van der Waals surface area contributed by atoms with Crippen molar-refractivity contribution in [1.82, 2.24) is 0 Å². The van der Waals surface area contributed by atoms with E-state index < -0.39 is 5.91 Å². The Balaban J connectivity index is 2.54. The van der Waals surface area contributed by atoms with E-state index in [2.05, 4.69) is 5.32 Å². The summed E-state index contributed by atoms with van der Waals surface area (Å²) in [4.78, 5) is 21.4. The normalized spacial score (nSPS) is 10.0. The van der Waals surface area contributed by atoms with Gasteiger partial charge in [0.25, 0.3) is 0 Å². The van der Waals surface area contributed by atoms with Gasteiger partial charge in [-0.3, -0.25) is 9.59 Å². The van der Waals surface area contributed by atoms with Crippen LogP contribution in [0.3, 0.4) is 0 Å². The molecule has 0 spiro atoms. The van der Waals surface area contributed by atoms with E-state index in [-0.39, 0.29) is 5.91 Å². The number of hydrogen-bond acceptors (Lipinski definition) is 2. The van der Waals surface area contributed by atoms with Gasteiger partial charge in [0.2, 0.25) is 11.8 Å². The number of nitrogens with one attached hydrogen (secondary N) is 1. The Labute approximate surface area is 81.4 Å². The molecule has 0 saturated carbocycles. The number of nitrogens with two attached hydrogens (primary N) is 1. The van der Waals surface area contributed by atoms with Gasteiger partial charge in [-0.05, 0) is 12.1 Å². The topological polar surface area (TPSA) is 72.2 Å². The molecule has 4 nitrogen and oxygen atoms in total. The maximum Gasteiger partial charge on any atom is 0.248 e. The van der Waals surface area contributed by atoms with Gasteiger partial charge < -0.3 is 11.1 Å². The molecule has 0 fully saturated rings. The molecule has 0 aromatic heterocycles. The first kappa shape index (κ1) is 9.98. The van der Waals surface area contributed by atoms with Crippen molar-refractivity contribution in [3.63, 3.8) is 0 Å². The van der Waals surface area contributed by atoms with E-state index >= 15 is 0 Å². The van der Waals surface area contributed by atoms with Crippen LogP contribution in [0.25, 0.3) is 0 Å². The van der Waals surface area contributed by atoms with Crippen molar-refractivity contribution in [1.29, 1.82) is 0 Å². The van der Waals surface area contributed by atoms with Crippen LogP contribution in [-0.4, -0.2) is 11.8 Å². The first-order valence-electron chi connectivity index (χ1n) is 4.02. The zero-order valence-corrected chi connectivity index (χ0v) is 7.44. The van der Waals surface area contributed by atoms with Crippen LogP contribution in [0.1, 0.15) is 0 Å². The van der Waals surface area contributed by atoms with Crippen molar-refractivity contribution in [2.75, 3.05) is 5.32 Å². The van der Waals surface area contributed by atoms with E-state index in [0.29, 0.717) is 5.69 Å². The Morgan fingerprint density at radius 3 is 2.36 bits per heavy atom. The third-order valence-electron chi connectivity index (χ3n) is 1.44. The summed E-state index contributed by atoms with van der Waals surface area (Å²) in [5.41, 5.74) is 5.50. The first-order valence-corrected chi connectivity index (χ1v) is 4.02. The van der Waals surface area contributed by atoms with Crippen LogP contribution in [0.5, 0.6) is 0 Å². The number of anilines is 1. The highest BCUT2D eigenvalue weighted by Gasteiger charge is 1.96. The van der Waals surface area contributed by atoms with Crippen molar-refractivity contribution in [3.8, 4) is 0 Å². The molecule has 3 N–H and O–H groups in total. The zero-order valence-electron chi connectivity index (χ0n) is 7.44. The van der Waals surface area contributed by atoms with E-state index in [0.717, 1.165) is 12.2 Å². The molecule has 1 rings (SSSR count). The molecule has 1 aromatic rings. The molecular formula is C10H10N2O2. The number of para-hydroxylation sites is 1. The summed E-state index contributed by atoms with van der Waals surface area (Å²) in [6, 6.07) is 8.93. The monoisotopic (exact) mass is 190 g/mol. The summed E-state index contributed by atoms with van der Waals surface area (Å²) in [6.45, 7) is 0. The molecule has 0 atom stereocenters. The molecule has 4 heteroatoms. The van der Waals surface area contributed by atoms with Gasteiger partial charge in [0.15, 0.2) is 0 Å². The van der Waals surface area contributed by atoms with Crippen LogP contribution in [0.15, 0.2) is 42.5 Å². The summed E-state index contributed by atoms with van der Waals surface area (Å²) in [5.74, 6) is -1.02. The Hall–Kier alpha value is -2.10. The second-order valence-electron chi connectivity index (χ2n) is 2.59. The van der Waals surface area contributed by atoms with Crippen molar-refractivity contribution in [3.05, 3.63) is 42.5 Å². The number of benzene rings is 1. The van der Waals surface area contributed by atoms with E-state index in [1.807, 2.05) is 6.07 Å². The summed E-state index contributed by atoms with van der Waals surface area (Å²) >= 11 is 0. The Bertz CT molecular complexity index is 358. The summed E-state index contributed by atoms with van der Waals surface area (Å²) in [6.07, 6.45) is 2.10. The van der Waals surface area contributed by atoms with Crippen molar-refractivity contribution >= 4 is 17.5 Å². The molecule has 0 saturated heterocycles. The average Bonchev–Trinajstić information content (AvgIpc) is 2.16. The summed E-state index contributed by atoms with van der Waals surface area (Å²) in [7, 11) is 0. The quantitative estimate of drug-likeness (QED) is 0.687. The van der Waals surface area contributed by atoms with Gasteiger partial charge in [-0.25, -0.2) is 0 Å². The largest absolute Gasteiger partial charge is 0.366 e. The van der Waals surface area contributed by atoms with Gasteiger partial charge in [0, 0.05) is 17.8 Å². The van der Waals surface area contributed by atoms with E-state index in [1.54, 1.807) is 24.3 Å². The van der Waals surface area contributed by atoms with Gasteiger partial charge in [-0.15, -0.1) is 0 Å². The highest BCUT2D eigenvalue weighted by atomic mass is 16.2. The highest BCUT2D eigenvalue weighted by molar-refractivity contribution is 6.03. The fourth-order valence-corrected chi connectivity index (χ4v) is 0.863. The minimum Gasteiger partial charge on any atom is -0.366 e. The van der Waals surface area contributed by atoms with Gasteiger partial charge in [-0.2, -0.15) is 0 Å². The molecule has 0 aliphatic heterocycles. The Morgan fingerprint density at radius 2 is 1.79 bits per heavy atom. The maximum absolute atomic E-state index is 11.1. The minimum atomic E-state index is -0.645. The second-order valence-corrected chi connectivity index (χ2v) is 2.59. The number of amides is 2. The SMILES string of the molecule is NC(=O)/C=C\C(=O)Nc1ccccc1. The van der Waals surface area contributed by atoms with Crippen LogP contribution >= 0.6 is 0 Å². The maximum atomic E-state index is 11.1. The summed E-state index contributed by atoms with van der Waals surface area (Å²) in [5, 5.41) is 2.56. The van der Waals surface area contributed by atoms with Crippen LogP contribution in [0.4, 0.5) is 5.69 Å². The van der Waals surface area contributed by atoms with Gasteiger partial charge >= 0.3 is 0 Å². The van der Waals surface area contributed by atoms with Crippen LogP contribution < -0.4 is 11.1 Å². The number of rotatable bonds is 3. The molecule has 2 amide bonds. The summed E-state index contributed by atoms with van der Waals surface area (Å²) < 4.78 is 0. The molecule has 0 aliphatic carbocycles. The predicted molar refractivity (Wildman–Crippen MR) is 53.4 cm³/mol. The average molecular weight is 190 g/mol. The number of primary amides is 1. The molecule has 72 valence electrons. The first-order chi connectivity index (χ1) is 6.68. The van der Waals surface area contributed by atoms with E-state index in [4.69, 9.17) is 5.73 Å². The van der Waals surface area contributed by atoms with Crippen LogP contribution in [-0.2, 0) is 9.59 Å². The third-order valence-corrected chi connectivity index (χ3v) is 1.44. The Kier molecular flexibility index (Phi) is 3.43. The molecule has 0 radical (unpaired) electrons. The molecule has 14 heavy (non-hydrogen) atoms. The van der Waals surface area contributed by atoms with Crippen molar-refractivity contribution in [2.24, 2.45) is 5.73 Å². The number of hydrogen-bond donors (Lipinski definition) is 2. The lowest BCUT2D eigenvalue weighted by molar-refractivity contribution is -0.115. The number of carbonyl (C=O) groups is 2. The predicted octanol–water partition coefficient (Wildman–Crippen LogP) is 0.667. The zero-order chi connectivity index (χ0) is 10.4. The fourth-order valence-electron chi connectivity index (χ4n) is 0.863. The van der Waals surface area contributed by atoms with E-state index in [9.17, 15) is 9.59 Å². The van der Waals surface area contributed by atoms with E-state index in [1.165, 1.54) is 0 Å². The lowest BCUT2D eigenvalue weighted by Gasteiger charge is -1.99. The third kappa shape index (κ3) is 3.53. The lowest BCUT2D eigenvalue weighted by Crippen LogP contribution is -2.11. The molecular weight excluding hydrogens is 180 g/mol. The molecule has 0 aliphatic rings. The van der Waals surface area contributed by atoms with Gasteiger partial charge in [0.1, 0.15) is 0 Å². The van der Waals surface area contributed by atoms with Crippen molar-refractivity contribution < 1.29 is 9.59 Å². The second kappa shape index (κ2) is 4.81. The van der Waals surface area contributed by atoms with Gasteiger partial charge in [0.05, 0.1) is 0 Å². The minimum absolute atomic E-state index is 0.380. The number of carbonyl (C=O) groups excluding carboxylic acids is 2. The van der Waals surface area contributed by atoms with Crippen LogP contribution in [0, 0.1) is 0 Å². The molecule has 1 aromatic carbocycles. The lowest BCUT2D eigenvalue weighted by atomic mass is 10.3. The van der Waals surface area contributed by atoms with Crippen molar-refractivity contribution in [2.45, 2.75) is 0 Å². The highest BCUT2D eigenvalue weighted by Crippen LogP contribution is 2.04. The molecule has 0 bridgehead atoms. The van der Waals surface area contributed by atoms with Crippen LogP contribution in [0.2, 0.25) is 0 Å². The molecule has 0 unspecified atom stereocenters. The fraction of sp³-hybridized carbons (Fsp3) is 0. The smallest absolute Gasteiger partial charge is 0.248 e. The Morgan fingerprint density at radius 1 is 1.14 bits per heavy atom.